The number of amides is 1. The molecule has 0 radical (unpaired) electrons. The molecule has 5 rings (SSSR count). The molecule has 228 valence electrons. The molecular formula is C32H48BN5O4. The first-order chi connectivity index (χ1) is 19.9. The number of aryl methyl sites for hydroxylation is 1. The van der Waals surface area contributed by atoms with Crippen molar-refractivity contribution < 1.29 is 18.8 Å². The molecule has 2 N–H and O–H groups in total. The van der Waals surface area contributed by atoms with E-state index < -0.39 is 18.3 Å². The van der Waals surface area contributed by atoms with E-state index >= 15 is 0 Å². The van der Waals surface area contributed by atoms with Crippen LogP contribution in [0.1, 0.15) is 91.7 Å². The van der Waals surface area contributed by atoms with Crippen molar-refractivity contribution in [2.45, 2.75) is 104 Å². The minimum absolute atomic E-state index is 0.0169. The third-order valence-electron chi connectivity index (χ3n) is 8.94. The third kappa shape index (κ3) is 6.69. The van der Waals surface area contributed by atoms with Crippen molar-refractivity contribution >= 4 is 30.0 Å². The first-order valence-electron chi connectivity index (χ1n) is 15.5. The summed E-state index contributed by atoms with van der Waals surface area (Å²) in [4.78, 5) is 16.1. The highest BCUT2D eigenvalue weighted by Crippen LogP contribution is 2.38. The summed E-state index contributed by atoms with van der Waals surface area (Å²) in [7, 11) is -0.620. The number of fused-ring (bicyclic) bond motifs is 1. The lowest BCUT2D eigenvalue weighted by molar-refractivity contribution is -0.128. The van der Waals surface area contributed by atoms with Crippen molar-refractivity contribution in [3.05, 3.63) is 34.5 Å². The predicted octanol–water partition coefficient (Wildman–Crippen LogP) is 4.28. The lowest BCUT2D eigenvalue weighted by Gasteiger charge is -2.38. The molecule has 4 heterocycles. The molecule has 1 amide bonds. The van der Waals surface area contributed by atoms with Crippen molar-refractivity contribution in [2.24, 2.45) is 0 Å². The van der Waals surface area contributed by atoms with Gasteiger partial charge in [-0.25, -0.2) is 0 Å². The van der Waals surface area contributed by atoms with E-state index in [1.165, 1.54) is 6.42 Å². The molecule has 4 aliphatic rings. The number of ether oxygens (including phenoxy) is 1. The van der Waals surface area contributed by atoms with Crippen LogP contribution < -0.4 is 15.7 Å². The lowest BCUT2D eigenvalue weighted by Crippen LogP contribution is -2.47. The van der Waals surface area contributed by atoms with Crippen molar-refractivity contribution in [1.29, 1.82) is 10.7 Å². The molecule has 0 saturated carbocycles. The maximum atomic E-state index is 12.3. The van der Waals surface area contributed by atoms with Crippen LogP contribution in [0.5, 0.6) is 0 Å². The van der Waals surface area contributed by atoms with Crippen LogP contribution >= 0.6 is 0 Å². The van der Waals surface area contributed by atoms with Gasteiger partial charge in [-0.15, -0.1) is 0 Å². The fourth-order valence-corrected chi connectivity index (χ4v) is 5.81. The van der Waals surface area contributed by atoms with Crippen LogP contribution in [-0.2, 0) is 25.3 Å². The van der Waals surface area contributed by atoms with Crippen molar-refractivity contribution in [3.8, 4) is 6.07 Å². The van der Waals surface area contributed by atoms with Gasteiger partial charge < -0.3 is 29.2 Å². The van der Waals surface area contributed by atoms with Gasteiger partial charge in [-0.2, -0.15) is 5.26 Å². The quantitative estimate of drug-likeness (QED) is 0.312. The first-order valence-corrected chi connectivity index (χ1v) is 15.5. The number of hydrogen-bond donors (Lipinski definition) is 2. The van der Waals surface area contributed by atoms with Crippen LogP contribution in [0.25, 0.3) is 0 Å². The van der Waals surface area contributed by atoms with Crippen LogP contribution in [0.2, 0.25) is 0 Å². The molecule has 1 aromatic rings. The molecule has 2 fully saturated rings. The molecule has 0 aromatic heterocycles. The summed E-state index contributed by atoms with van der Waals surface area (Å²) < 4.78 is 18.1. The zero-order valence-electron chi connectivity index (χ0n) is 26.6. The minimum Gasteiger partial charge on any atom is -0.399 e. The molecule has 2 saturated heterocycles. The summed E-state index contributed by atoms with van der Waals surface area (Å²) in [6.07, 6.45) is 5.54. The van der Waals surface area contributed by atoms with Crippen molar-refractivity contribution in [1.82, 2.24) is 10.2 Å². The molecule has 10 heteroatoms. The fraction of sp³-hybridized carbons (Fsp3) is 0.656. The topological polar surface area (TPSA) is 111 Å². The Balaban J connectivity index is 0.00000129. The van der Waals surface area contributed by atoms with Gasteiger partial charge in [-0.05, 0) is 65.0 Å². The van der Waals surface area contributed by atoms with Gasteiger partial charge in [0.05, 0.1) is 29.4 Å². The Bertz CT molecular complexity index is 1230. The number of nitriles is 1. The highest BCUT2D eigenvalue weighted by molar-refractivity contribution is 6.63. The van der Waals surface area contributed by atoms with Crippen LogP contribution in [-0.4, -0.2) is 73.9 Å². The maximum absolute atomic E-state index is 12.3. The number of nitrogens with zero attached hydrogens (tertiary/aromatic N) is 3. The Morgan fingerprint density at radius 2 is 1.76 bits per heavy atom. The van der Waals surface area contributed by atoms with Gasteiger partial charge in [0, 0.05) is 68.1 Å². The minimum atomic E-state index is -0.620. The number of rotatable bonds is 4. The summed E-state index contributed by atoms with van der Waals surface area (Å²) in [5.74, 6) is 0.409. The highest BCUT2D eigenvalue weighted by atomic mass is 16.7. The summed E-state index contributed by atoms with van der Waals surface area (Å²) in [6.45, 7) is 17.1. The lowest BCUT2D eigenvalue weighted by atomic mass is 9.74. The fourth-order valence-electron chi connectivity index (χ4n) is 5.81. The summed E-state index contributed by atoms with van der Waals surface area (Å²) in [6, 6.07) is 6.59. The molecule has 0 aliphatic carbocycles. The Kier molecular flexibility index (Phi) is 10.1. The van der Waals surface area contributed by atoms with E-state index in [9.17, 15) is 15.5 Å². The smallest absolute Gasteiger partial charge is 0.399 e. The first kappa shape index (κ1) is 32.1. The number of nitrogens with one attached hydrogen (secondary N) is 2. The molecule has 0 unspecified atom stereocenters. The molecular weight excluding hydrogens is 529 g/mol. The van der Waals surface area contributed by atoms with Crippen molar-refractivity contribution in [2.75, 3.05) is 37.7 Å². The zero-order valence-corrected chi connectivity index (χ0v) is 26.6. The SMILES string of the molecule is CC(=O)N1CCC(NC2CCOCC2)=C(C(=N)N2CCCc3cc(B4OC(C)(C)C(C)(C)O4)c(C#N)cc32)C1.CCC. The summed E-state index contributed by atoms with van der Waals surface area (Å²) >= 11 is 0. The highest BCUT2D eigenvalue weighted by Gasteiger charge is 2.52. The predicted molar refractivity (Wildman–Crippen MR) is 167 cm³/mol. The van der Waals surface area contributed by atoms with Crippen LogP contribution in [0.15, 0.2) is 23.4 Å². The molecule has 4 aliphatic heterocycles. The second kappa shape index (κ2) is 13.2. The Hall–Kier alpha value is -2.87. The van der Waals surface area contributed by atoms with Crippen molar-refractivity contribution in [3.63, 3.8) is 0 Å². The number of anilines is 1. The second-order valence-electron chi connectivity index (χ2n) is 12.8. The Morgan fingerprint density at radius 3 is 2.36 bits per heavy atom. The number of benzene rings is 1. The largest absolute Gasteiger partial charge is 0.496 e. The van der Waals surface area contributed by atoms with E-state index in [2.05, 4.69) is 25.2 Å². The summed E-state index contributed by atoms with van der Waals surface area (Å²) in [5, 5.41) is 23.2. The molecule has 42 heavy (non-hydrogen) atoms. The van der Waals surface area contributed by atoms with E-state index in [1.54, 1.807) is 6.92 Å². The number of carbonyl (C=O) groups excluding carboxylic acids is 1. The van der Waals surface area contributed by atoms with Gasteiger partial charge in [0.15, 0.2) is 0 Å². The molecule has 0 bridgehead atoms. The van der Waals surface area contributed by atoms with Gasteiger partial charge in [0.1, 0.15) is 5.84 Å². The normalized spacial score (nSPS) is 21.7. The van der Waals surface area contributed by atoms with Crippen LogP contribution in [0, 0.1) is 16.7 Å². The third-order valence-corrected chi connectivity index (χ3v) is 8.94. The second-order valence-corrected chi connectivity index (χ2v) is 12.8. The van der Waals surface area contributed by atoms with Gasteiger partial charge >= 0.3 is 7.12 Å². The van der Waals surface area contributed by atoms with Crippen LogP contribution in [0.4, 0.5) is 5.69 Å². The van der Waals surface area contributed by atoms with Gasteiger partial charge in [-0.1, -0.05) is 26.3 Å². The van der Waals surface area contributed by atoms with E-state index in [4.69, 9.17) is 14.0 Å². The van der Waals surface area contributed by atoms with Gasteiger partial charge in [-0.3, -0.25) is 10.2 Å². The van der Waals surface area contributed by atoms with E-state index in [-0.39, 0.29) is 5.91 Å². The summed E-state index contributed by atoms with van der Waals surface area (Å²) in [5.41, 5.74) is 4.08. The molecule has 1 aromatic carbocycles. The maximum Gasteiger partial charge on any atom is 0.496 e. The van der Waals surface area contributed by atoms with Gasteiger partial charge in [0.2, 0.25) is 5.91 Å². The number of hydrogen-bond acceptors (Lipinski definition) is 7. The van der Waals surface area contributed by atoms with E-state index in [1.807, 2.05) is 49.6 Å². The Labute approximate surface area is 252 Å². The average Bonchev–Trinajstić information content (AvgIpc) is 3.18. The number of amidine groups is 1. The van der Waals surface area contributed by atoms with Crippen LogP contribution in [0.3, 0.4) is 0 Å². The monoisotopic (exact) mass is 577 g/mol. The van der Waals surface area contributed by atoms with Gasteiger partial charge in [0.25, 0.3) is 0 Å². The average molecular weight is 578 g/mol. The standard InChI is InChI=1S/C29H40BN5O4.C3H8/c1-19(36)34-12-8-25(33-22-9-13-37-14-10-22)23(18-34)27(32)35-11-6-7-20-15-24(21(17-31)16-26(20)35)30-38-28(2,3)29(4,5)39-30;1-3-2/h15-16,22,32-33H,6-14,18H2,1-5H3;3H2,1-2H3. The molecule has 0 spiro atoms. The van der Waals surface area contributed by atoms with E-state index in [0.29, 0.717) is 43.5 Å². The molecule has 0 atom stereocenters. The zero-order chi connectivity index (χ0) is 30.7. The molecule has 9 nitrogen and oxygen atoms in total. The Morgan fingerprint density at radius 1 is 1.12 bits per heavy atom. The van der Waals surface area contributed by atoms with E-state index in [0.717, 1.165) is 66.9 Å². The number of carbonyl (C=O) groups is 1.